The van der Waals surface area contributed by atoms with E-state index >= 15 is 0 Å². The van der Waals surface area contributed by atoms with E-state index in [1.807, 2.05) is 0 Å². The van der Waals surface area contributed by atoms with E-state index in [4.69, 9.17) is 14.2 Å². The first-order valence-corrected chi connectivity index (χ1v) is 9.48. The van der Waals surface area contributed by atoms with Gasteiger partial charge in [0.2, 0.25) is 5.91 Å². The Balaban J connectivity index is 1.93. The second-order valence-corrected chi connectivity index (χ2v) is 6.71. The number of aromatic nitrogens is 1. The highest BCUT2D eigenvalue weighted by molar-refractivity contribution is 6.07. The first kappa shape index (κ1) is 21.8. The molecule has 2 heterocycles. The Labute approximate surface area is 178 Å². The van der Waals surface area contributed by atoms with Gasteiger partial charge in [-0.2, -0.15) is 0 Å². The van der Waals surface area contributed by atoms with Gasteiger partial charge in [0.05, 0.1) is 14.2 Å². The number of nitrogens with zero attached hydrogens (tertiary/aromatic N) is 3. The summed E-state index contributed by atoms with van der Waals surface area (Å²) in [5, 5.41) is 13.9. The zero-order valence-corrected chi connectivity index (χ0v) is 17.4. The predicted molar refractivity (Wildman–Crippen MR) is 111 cm³/mol. The fourth-order valence-corrected chi connectivity index (χ4v) is 3.17. The van der Waals surface area contributed by atoms with Crippen LogP contribution in [0.2, 0.25) is 0 Å². The third kappa shape index (κ3) is 4.20. The van der Waals surface area contributed by atoms with Crippen molar-refractivity contribution in [2.75, 3.05) is 24.4 Å². The molecule has 1 aliphatic heterocycles. The molecule has 2 aromatic rings. The van der Waals surface area contributed by atoms with Crippen LogP contribution in [0.4, 0.5) is 17.3 Å². The lowest BCUT2D eigenvalue weighted by Crippen LogP contribution is -2.53. The lowest BCUT2D eigenvalue weighted by Gasteiger charge is -2.33. The summed E-state index contributed by atoms with van der Waals surface area (Å²) in [6.45, 7) is 3.27. The zero-order valence-electron chi connectivity index (χ0n) is 17.4. The van der Waals surface area contributed by atoms with Crippen LogP contribution in [-0.4, -0.2) is 48.1 Å². The molecule has 1 aromatic carbocycles. The molecule has 0 fully saturated rings. The van der Waals surface area contributed by atoms with E-state index in [2.05, 4.69) is 10.3 Å². The van der Waals surface area contributed by atoms with E-state index < -0.39 is 34.7 Å². The normalized spacial score (nSPS) is 16.1. The number of anilines is 2. The van der Waals surface area contributed by atoms with Gasteiger partial charge in [-0.15, -0.1) is 0 Å². The number of nitro groups is 1. The SMILES string of the molecule is CCC1Oc2ccc([N+](=O)[O-])nc2N(C(C)C(=O)Nc2ccc(OC)c(OC)c2)C1=O. The summed E-state index contributed by atoms with van der Waals surface area (Å²) in [6.07, 6.45) is -0.470. The van der Waals surface area contributed by atoms with Crippen molar-refractivity contribution in [3.05, 3.63) is 40.4 Å². The number of rotatable bonds is 7. The summed E-state index contributed by atoms with van der Waals surface area (Å²) < 4.78 is 16.0. The Morgan fingerprint density at radius 3 is 2.61 bits per heavy atom. The summed E-state index contributed by atoms with van der Waals surface area (Å²) in [7, 11) is 2.97. The van der Waals surface area contributed by atoms with Crippen molar-refractivity contribution >= 4 is 29.1 Å². The molecule has 0 saturated heterocycles. The average Bonchev–Trinajstić information content (AvgIpc) is 2.77. The molecule has 2 unspecified atom stereocenters. The molecule has 2 atom stereocenters. The molecule has 0 aliphatic carbocycles. The summed E-state index contributed by atoms with van der Waals surface area (Å²) in [5.41, 5.74) is 0.425. The van der Waals surface area contributed by atoms with Crippen LogP contribution in [0.15, 0.2) is 30.3 Å². The number of carbonyl (C=O) groups is 2. The van der Waals surface area contributed by atoms with Crippen LogP contribution in [0.3, 0.4) is 0 Å². The van der Waals surface area contributed by atoms with E-state index in [0.29, 0.717) is 23.6 Å². The Kier molecular flexibility index (Phi) is 6.23. The Bertz CT molecular complexity index is 1030. The number of carbonyl (C=O) groups excluding carboxylic acids is 2. The average molecular weight is 430 g/mol. The molecule has 11 nitrogen and oxygen atoms in total. The van der Waals surface area contributed by atoms with E-state index in [1.54, 1.807) is 25.1 Å². The molecule has 0 radical (unpaired) electrons. The highest BCUT2D eigenvalue weighted by Crippen LogP contribution is 2.36. The van der Waals surface area contributed by atoms with Crippen LogP contribution in [0, 0.1) is 10.1 Å². The number of fused-ring (bicyclic) bond motifs is 1. The third-order valence-corrected chi connectivity index (χ3v) is 4.81. The quantitative estimate of drug-likeness (QED) is 0.523. The molecule has 2 amide bonds. The molecule has 31 heavy (non-hydrogen) atoms. The standard InChI is InChI=1S/C20H22N4O7/c1-5-13-20(26)23(18-15(31-13)8-9-17(22-18)24(27)28)11(2)19(25)21-12-6-7-14(29-3)16(10-12)30-4/h6-11,13H,5H2,1-4H3,(H,21,25). The maximum Gasteiger partial charge on any atom is 0.366 e. The van der Waals surface area contributed by atoms with Crippen molar-refractivity contribution in [3.63, 3.8) is 0 Å². The molecule has 3 rings (SSSR count). The van der Waals surface area contributed by atoms with Crippen LogP contribution >= 0.6 is 0 Å². The van der Waals surface area contributed by atoms with Gasteiger partial charge in [0.1, 0.15) is 6.04 Å². The molecular formula is C20H22N4O7. The third-order valence-electron chi connectivity index (χ3n) is 4.81. The molecule has 11 heteroatoms. The van der Waals surface area contributed by atoms with Gasteiger partial charge in [-0.25, -0.2) is 0 Å². The van der Waals surface area contributed by atoms with Gasteiger partial charge in [0, 0.05) is 17.8 Å². The van der Waals surface area contributed by atoms with Crippen molar-refractivity contribution in [3.8, 4) is 17.2 Å². The molecule has 0 bridgehead atoms. The Hall–Kier alpha value is -3.89. The van der Waals surface area contributed by atoms with E-state index in [-0.39, 0.29) is 11.6 Å². The van der Waals surface area contributed by atoms with Crippen molar-refractivity contribution < 1.29 is 28.7 Å². The molecule has 1 N–H and O–H groups in total. The molecule has 0 saturated carbocycles. The second kappa shape index (κ2) is 8.86. The Morgan fingerprint density at radius 2 is 2.00 bits per heavy atom. The van der Waals surface area contributed by atoms with Gasteiger partial charge in [-0.3, -0.25) is 14.5 Å². The fraction of sp³-hybridized carbons (Fsp3) is 0.350. The van der Waals surface area contributed by atoms with Crippen molar-refractivity contribution in [1.82, 2.24) is 4.98 Å². The molecule has 1 aliphatic rings. The number of amides is 2. The van der Waals surface area contributed by atoms with Crippen LogP contribution in [0.1, 0.15) is 20.3 Å². The number of nitrogens with one attached hydrogen (secondary N) is 1. The highest BCUT2D eigenvalue weighted by Gasteiger charge is 2.42. The first-order chi connectivity index (χ1) is 14.8. The lowest BCUT2D eigenvalue weighted by molar-refractivity contribution is -0.389. The topological polar surface area (TPSA) is 133 Å². The van der Waals surface area contributed by atoms with E-state index in [0.717, 1.165) is 4.90 Å². The zero-order chi connectivity index (χ0) is 22.7. The number of pyridine rings is 1. The molecule has 0 spiro atoms. The highest BCUT2D eigenvalue weighted by atomic mass is 16.6. The second-order valence-electron chi connectivity index (χ2n) is 6.71. The summed E-state index contributed by atoms with van der Waals surface area (Å²) in [6, 6.07) is 6.38. The monoisotopic (exact) mass is 430 g/mol. The number of ether oxygens (including phenoxy) is 3. The van der Waals surface area contributed by atoms with Crippen LogP contribution < -0.4 is 24.4 Å². The molecule has 1 aromatic heterocycles. The van der Waals surface area contributed by atoms with Crippen LogP contribution in [0.25, 0.3) is 0 Å². The lowest BCUT2D eigenvalue weighted by atomic mass is 10.1. The smallest absolute Gasteiger partial charge is 0.366 e. The van der Waals surface area contributed by atoms with Gasteiger partial charge in [-0.05, 0) is 41.5 Å². The van der Waals surface area contributed by atoms with Gasteiger partial charge in [0.25, 0.3) is 11.7 Å². The summed E-state index contributed by atoms with van der Waals surface area (Å²) in [4.78, 5) is 41.5. The number of benzene rings is 1. The van der Waals surface area contributed by atoms with Crippen LogP contribution in [0.5, 0.6) is 17.2 Å². The summed E-state index contributed by atoms with van der Waals surface area (Å²) >= 11 is 0. The van der Waals surface area contributed by atoms with Gasteiger partial charge < -0.3 is 29.6 Å². The summed E-state index contributed by atoms with van der Waals surface area (Å²) in [5.74, 6) is -0.434. The van der Waals surface area contributed by atoms with Crippen molar-refractivity contribution in [1.29, 1.82) is 0 Å². The van der Waals surface area contributed by atoms with Crippen molar-refractivity contribution in [2.45, 2.75) is 32.4 Å². The number of hydrogen-bond acceptors (Lipinski definition) is 8. The minimum atomic E-state index is -1.02. The maximum absolute atomic E-state index is 13.0. The van der Waals surface area contributed by atoms with Gasteiger partial charge in [-0.1, -0.05) is 6.92 Å². The van der Waals surface area contributed by atoms with Crippen LogP contribution in [-0.2, 0) is 9.59 Å². The fourth-order valence-electron chi connectivity index (χ4n) is 3.17. The molecular weight excluding hydrogens is 408 g/mol. The van der Waals surface area contributed by atoms with E-state index in [9.17, 15) is 19.7 Å². The van der Waals surface area contributed by atoms with Gasteiger partial charge >= 0.3 is 5.82 Å². The van der Waals surface area contributed by atoms with Crippen molar-refractivity contribution in [2.24, 2.45) is 0 Å². The minimum Gasteiger partial charge on any atom is -0.493 e. The molecule has 164 valence electrons. The maximum atomic E-state index is 13.0. The van der Waals surface area contributed by atoms with Gasteiger partial charge in [0.15, 0.2) is 23.4 Å². The largest absolute Gasteiger partial charge is 0.493 e. The Morgan fingerprint density at radius 1 is 1.29 bits per heavy atom. The predicted octanol–water partition coefficient (Wildman–Crippen LogP) is 2.54. The number of hydrogen-bond donors (Lipinski definition) is 1. The van der Waals surface area contributed by atoms with E-state index in [1.165, 1.54) is 33.3 Å². The first-order valence-electron chi connectivity index (χ1n) is 9.48. The minimum absolute atomic E-state index is 0.0705. The number of methoxy groups -OCH3 is 2.